The first-order valence-electron chi connectivity index (χ1n) is 5.44. The number of hydrogen-bond donors (Lipinski definition) is 1. The van der Waals surface area contributed by atoms with Gasteiger partial charge < -0.3 is 10.1 Å². The van der Waals surface area contributed by atoms with Crippen LogP contribution in [0.4, 0.5) is 0 Å². The van der Waals surface area contributed by atoms with Crippen molar-refractivity contribution < 1.29 is 9.53 Å². The highest BCUT2D eigenvalue weighted by Crippen LogP contribution is 2.20. The molecule has 0 radical (unpaired) electrons. The van der Waals surface area contributed by atoms with Gasteiger partial charge in [0.1, 0.15) is 5.75 Å². The van der Waals surface area contributed by atoms with Crippen LogP contribution in [0.15, 0.2) is 28.7 Å². The minimum atomic E-state index is -0.134. The Morgan fingerprint density at radius 2 is 2.38 bits per heavy atom. The molecule has 4 heteroatoms. The van der Waals surface area contributed by atoms with Gasteiger partial charge in [-0.1, -0.05) is 22.0 Å². The van der Waals surface area contributed by atoms with Crippen LogP contribution in [0.2, 0.25) is 0 Å². The maximum atomic E-state index is 11.8. The Labute approximate surface area is 103 Å². The number of rotatable bonds is 2. The van der Waals surface area contributed by atoms with Crippen LogP contribution >= 0.6 is 15.9 Å². The molecule has 1 aromatic carbocycles. The van der Waals surface area contributed by atoms with E-state index in [1.165, 1.54) is 0 Å². The molecular weight excluding hydrogens is 270 g/mol. The lowest BCUT2D eigenvalue weighted by Crippen LogP contribution is -2.36. The standard InChI is InChI=1S/C12H14BrNO2/c13-10-4-1-5-11(7-10)16-12(15)9-3-2-6-14-8-9/h1,4-5,7,9,14H,2-3,6,8H2. The largest absolute Gasteiger partial charge is 0.426 e. The molecule has 0 aliphatic carbocycles. The van der Waals surface area contributed by atoms with Crippen molar-refractivity contribution in [1.29, 1.82) is 0 Å². The third-order valence-corrected chi connectivity index (χ3v) is 3.14. The van der Waals surface area contributed by atoms with Crippen molar-refractivity contribution in [1.82, 2.24) is 5.32 Å². The van der Waals surface area contributed by atoms with Crippen molar-refractivity contribution in [3.05, 3.63) is 28.7 Å². The van der Waals surface area contributed by atoms with Crippen LogP contribution in [0.5, 0.6) is 5.75 Å². The summed E-state index contributed by atoms with van der Waals surface area (Å²) < 4.78 is 6.24. The summed E-state index contributed by atoms with van der Waals surface area (Å²) in [5.74, 6) is 0.461. The fourth-order valence-electron chi connectivity index (χ4n) is 1.78. The Morgan fingerprint density at radius 1 is 1.50 bits per heavy atom. The molecule has 0 spiro atoms. The summed E-state index contributed by atoms with van der Waals surface area (Å²) in [6, 6.07) is 7.35. The second kappa shape index (κ2) is 5.46. The summed E-state index contributed by atoms with van der Waals surface area (Å²) >= 11 is 3.34. The fourth-order valence-corrected chi connectivity index (χ4v) is 2.16. The van der Waals surface area contributed by atoms with Crippen LogP contribution in [-0.4, -0.2) is 19.1 Å². The summed E-state index contributed by atoms with van der Waals surface area (Å²) in [6.07, 6.45) is 1.96. The van der Waals surface area contributed by atoms with Gasteiger partial charge >= 0.3 is 5.97 Å². The zero-order chi connectivity index (χ0) is 11.4. The highest BCUT2D eigenvalue weighted by Gasteiger charge is 2.22. The number of esters is 1. The lowest BCUT2D eigenvalue weighted by Gasteiger charge is -2.20. The number of hydrogen-bond acceptors (Lipinski definition) is 3. The summed E-state index contributed by atoms with van der Waals surface area (Å²) in [5, 5.41) is 3.20. The topological polar surface area (TPSA) is 38.3 Å². The monoisotopic (exact) mass is 283 g/mol. The molecule has 86 valence electrons. The molecule has 0 saturated carbocycles. The maximum Gasteiger partial charge on any atom is 0.315 e. The van der Waals surface area contributed by atoms with Gasteiger partial charge in [-0.15, -0.1) is 0 Å². The van der Waals surface area contributed by atoms with Crippen molar-refractivity contribution >= 4 is 21.9 Å². The Kier molecular flexibility index (Phi) is 3.96. The zero-order valence-corrected chi connectivity index (χ0v) is 10.5. The van der Waals surface area contributed by atoms with Crippen LogP contribution < -0.4 is 10.1 Å². The third-order valence-electron chi connectivity index (χ3n) is 2.64. The van der Waals surface area contributed by atoms with Gasteiger partial charge in [-0.3, -0.25) is 4.79 Å². The molecule has 1 aliphatic heterocycles. The summed E-state index contributed by atoms with van der Waals surface area (Å²) in [6.45, 7) is 1.73. The number of halogens is 1. The van der Waals surface area contributed by atoms with E-state index in [0.29, 0.717) is 5.75 Å². The van der Waals surface area contributed by atoms with E-state index in [2.05, 4.69) is 21.2 Å². The van der Waals surface area contributed by atoms with E-state index in [4.69, 9.17) is 4.74 Å². The normalized spacial score (nSPS) is 20.4. The average molecular weight is 284 g/mol. The van der Waals surface area contributed by atoms with Gasteiger partial charge in [-0.2, -0.15) is 0 Å². The highest BCUT2D eigenvalue weighted by atomic mass is 79.9. The Balaban J connectivity index is 1.96. The lowest BCUT2D eigenvalue weighted by atomic mass is 10.0. The Morgan fingerprint density at radius 3 is 3.06 bits per heavy atom. The van der Waals surface area contributed by atoms with E-state index < -0.39 is 0 Å². The number of carbonyl (C=O) groups excluding carboxylic acids is 1. The van der Waals surface area contributed by atoms with E-state index in [0.717, 1.165) is 30.4 Å². The number of piperidine rings is 1. The first-order valence-corrected chi connectivity index (χ1v) is 6.23. The van der Waals surface area contributed by atoms with Crippen molar-refractivity contribution in [2.24, 2.45) is 5.92 Å². The number of ether oxygens (including phenoxy) is 1. The molecule has 1 N–H and O–H groups in total. The number of benzene rings is 1. The molecule has 0 bridgehead atoms. The second-order valence-electron chi connectivity index (χ2n) is 3.92. The van der Waals surface area contributed by atoms with Crippen LogP contribution in [-0.2, 0) is 4.79 Å². The molecule has 1 atom stereocenters. The first-order chi connectivity index (χ1) is 7.75. The van der Waals surface area contributed by atoms with Crippen LogP contribution in [0.3, 0.4) is 0 Å². The quantitative estimate of drug-likeness (QED) is 0.669. The molecule has 1 unspecified atom stereocenters. The van der Waals surface area contributed by atoms with Crippen LogP contribution in [0.25, 0.3) is 0 Å². The van der Waals surface area contributed by atoms with Crippen molar-refractivity contribution in [2.75, 3.05) is 13.1 Å². The predicted molar refractivity (Wildman–Crippen MR) is 65.4 cm³/mol. The lowest BCUT2D eigenvalue weighted by molar-refractivity contribution is -0.139. The van der Waals surface area contributed by atoms with E-state index >= 15 is 0 Å². The third kappa shape index (κ3) is 3.06. The summed E-state index contributed by atoms with van der Waals surface area (Å²) in [7, 11) is 0. The van der Waals surface area contributed by atoms with Gasteiger partial charge in [0.2, 0.25) is 0 Å². The first kappa shape index (κ1) is 11.6. The van der Waals surface area contributed by atoms with Crippen molar-refractivity contribution in [2.45, 2.75) is 12.8 Å². The van der Waals surface area contributed by atoms with Crippen molar-refractivity contribution in [3.8, 4) is 5.75 Å². The molecule has 0 amide bonds. The van der Waals surface area contributed by atoms with E-state index in [9.17, 15) is 4.79 Å². The minimum absolute atomic E-state index is 0.00673. The maximum absolute atomic E-state index is 11.8. The molecular formula is C12H14BrNO2. The molecule has 0 aromatic heterocycles. The Hall–Kier alpha value is -0.870. The average Bonchev–Trinajstić information content (AvgIpc) is 2.30. The minimum Gasteiger partial charge on any atom is -0.426 e. The molecule has 1 saturated heterocycles. The predicted octanol–water partition coefficient (Wildman–Crippen LogP) is 2.35. The molecule has 16 heavy (non-hydrogen) atoms. The molecule has 1 aromatic rings. The summed E-state index contributed by atoms with van der Waals surface area (Å²) in [4.78, 5) is 11.8. The highest BCUT2D eigenvalue weighted by molar-refractivity contribution is 9.10. The van der Waals surface area contributed by atoms with E-state index in [1.807, 2.05) is 12.1 Å². The number of nitrogens with one attached hydrogen (secondary N) is 1. The number of carbonyl (C=O) groups is 1. The fraction of sp³-hybridized carbons (Fsp3) is 0.417. The van der Waals surface area contributed by atoms with Gasteiger partial charge in [-0.05, 0) is 37.6 Å². The van der Waals surface area contributed by atoms with Crippen LogP contribution in [0, 0.1) is 5.92 Å². The molecule has 2 rings (SSSR count). The second-order valence-corrected chi connectivity index (χ2v) is 4.84. The zero-order valence-electron chi connectivity index (χ0n) is 8.91. The van der Waals surface area contributed by atoms with E-state index in [-0.39, 0.29) is 11.9 Å². The molecule has 1 heterocycles. The van der Waals surface area contributed by atoms with E-state index in [1.54, 1.807) is 12.1 Å². The Bertz CT molecular complexity index is 375. The van der Waals surface area contributed by atoms with Gasteiger partial charge in [0.15, 0.2) is 0 Å². The van der Waals surface area contributed by atoms with Gasteiger partial charge in [0.25, 0.3) is 0 Å². The van der Waals surface area contributed by atoms with Gasteiger partial charge in [-0.25, -0.2) is 0 Å². The smallest absolute Gasteiger partial charge is 0.315 e. The van der Waals surface area contributed by atoms with Gasteiger partial charge in [0.05, 0.1) is 5.92 Å². The SMILES string of the molecule is O=C(Oc1cccc(Br)c1)C1CCCNC1. The van der Waals surface area contributed by atoms with Crippen LogP contribution in [0.1, 0.15) is 12.8 Å². The van der Waals surface area contributed by atoms with Gasteiger partial charge in [0, 0.05) is 11.0 Å². The molecule has 1 aliphatic rings. The molecule has 3 nitrogen and oxygen atoms in total. The summed E-state index contributed by atoms with van der Waals surface area (Å²) in [5.41, 5.74) is 0. The van der Waals surface area contributed by atoms with Crippen molar-refractivity contribution in [3.63, 3.8) is 0 Å². The molecule has 1 fully saturated rings.